The Morgan fingerprint density at radius 3 is 2.81 bits per heavy atom. The number of anilines is 1. The predicted octanol–water partition coefficient (Wildman–Crippen LogP) is 2.17. The Bertz CT molecular complexity index is 386. The van der Waals surface area contributed by atoms with Gasteiger partial charge in [0.2, 0.25) is 0 Å². The smallest absolute Gasteiger partial charge is 0.135 e. The third-order valence-electron chi connectivity index (χ3n) is 3.58. The summed E-state index contributed by atoms with van der Waals surface area (Å²) in [4.78, 5) is 11.2. The Morgan fingerprint density at radius 2 is 2.00 bits per heavy atom. The van der Waals surface area contributed by atoms with E-state index < -0.39 is 0 Å². The van der Waals surface area contributed by atoms with Gasteiger partial charge in [0.15, 0.2) is 0 Å². The van der Waals surface area contributed by atoms with E-state index in [0.717, 1.165) is 38.8 Å². The van der Waals surface area contributed by atoms with Crippen molar-refractivity contribution < 1.29 is 0 Å². The highest BCUT2D eigenvalue weighted by atomic mass is 35.5. The van der Waals surface area contributed by atoms with Crippen LogP contribution in [0, 0.1) is 0 Å². The molecule has 86 valence electrons. The van der Waals surface area contributed by atoms with Gasteiger partial charge in [0.1, 0.15) is 12.1 Å². The van der Waals surface area contributed by atoms with Crippen LogP contribution in [0.4, 0.5) is 5.82 Å². The van der Waals surface area contributed by atoms with Crippen molar-refractivity contribution in [2.75, 3.05) is 18.0 Å². The predicted molar refractivity (Wildman–Crippen MR) is 65.1 cm³/mol. The fourth-order valence-corrected chi connectivity index (χ4v) is 2.87. The van der Waals surface area contributed by atoms with E-state index in [1.807, 2.05) is 0 Å². The van der Waals surface area contributed by atoms with E-state index in [4.69, 9.17) is 11.6 Å². The van der Waals surface area contributed by atoms with Gasteiger partial charge in [-0.2, -0.15) is 0 Å². The lowest BCUT2D eigenvalue weighted by Gasteiger charge is -2.31. The molecule has 1 aliphatic carbocycles. The minimum Gasteiger partial charge on any atom is -0.356 e. The molecule has 0 bridgehead atoms. The average Bonchev–Trinajstić information content (AvgIpc) is 2.78. The third kappa shape index (κ3) is 1.77. The van der Waals surface area contributed by atoms with Gasteiger partial charge < -0.3 is 4.90 Å². The molecule has 1 saturated heterocycles. The first kappa shape index (κ1) is 10.3. The van der Waals surface area contributed by atoms with Crippen molar-refractivity contribution in [1.82, 2.24) is 9.97 Å². The first-order valence-electron chi connectivity index (χ1n) is 6.06. The molecule has 1 aliphatic heterocycles. The molecule has 0 spiro atoms. The van der Waals surface area contributed by atoms with Gasteiger partial charge in [-0.1, -0.05) is 0 Å². The van der Waals surface area contributed by atoms with Crippen molar-refractivity contribution >= 4 is 17.4 Å². The van der Waals surface area contributed by atoms with Crippen LogP contribution in [-0.4, -0.2) is 28.4 Å². The molecule has 2 heterocycles. The maximum Gasteiger partial charge on any atom is 0.135 e. The van der Waals surface area contributed by atoms with E-state index in [1.54, 1.807) is 6.33 Å². The summed E-state index contributed by atoms with van der Waals surface area (Å²) in [5, 5.41) is 0.353. The van der Waals surface area contributed by atoms with Crippen molar-refractivity contribution in [2.45, 2.75) is 37.5 Å². The van der Waals surface area contributed by atoms with Crippen LogP contribution in [0.5, 0.6) is 0 Å². The van der Waals surface area contributed by atoms with Crippen molar-refractivity contribution in [2.24, 2.45) is 0 Å². The number of hydrogen-bond acceptors (Lipinski definition) is 3. The topological polar surface area (TPSA) is 29.0 Å². The summed E-state index contributed by atoms with van der Waals surface area (Å²) in [6.45, 7) is 2.08. The number of aromatic nitrogens is 2. The number of halogens is 1. The summed E-state index contributed by atoms with van der Waals surface area (Å²) >= 11 is 6.13. The molecule has 3 nitrogen and oxygen atoms in total. The number of hydrogen-bond donors (Lipinski definition) is 0. The van der Waals surface area contributed by atoms with Crippen LogP contribution in [0.15, 0.2) is 6.33 Å². The lowest BCUT2D eigenvalue weighted by atomic mass is 10.1. The number of fused-ring (bicyclic) bond motifs is 1. The van der Waals surface area contributed by atoms with Crippen LogP contribution < -0.4 is 4.90 Å². The molecular weight excluding hydrogens is 222 g/mol. The molecule has 4 heteroatoms. The van der Waals surface area contributed by atoms with Gasteiger partial charge in [-0.05, 0) is 32.1 Å². The normalized spacial score (nSPS) is 21.2. The Kier molecular flexibility index (Phi) is 2.72. The van der Waals surface area contributed by atoms with Gasteiger partial charge in [-0.25, -0.2) is 9.97 Å². The summed E-state index contributed by atoms with van der Waals surface area (Å²) < 4.78 is 0. The van der Waals surface area contributed by atoms with Crippen molar-refractivity contribution in [3.63, 3.8) is 0 Å². The van der Waals surface area contributed by atoms with Gasteiger partial charge in [0.25, 0.3) is 0 Å². The summed E-state index contributed by atoms with van der Waals surface area (Å²) in [5.41, 5.74) is 2.65. The van der Waals surface area contributed by atoms with E-state index in [2.05, 4.69) is 14.9 Å². The molecule has 1 aromatic rings. The molecule has 0 amide bonds. The minimum absolute atomic E-state index is 0.353. The standard InChI is InChI=1S/C12H16ClN3/c13-9-4-6-16(7-5-9)12-10-2-1-3-11(10)14-8-15-12/h8-9H,1-7H2. The second-order valence-corrected chi connectivity index (χ2v) is 5.25. The number of alkyl halides is 1. The quantitative estimate of drug-likeness (QED) is 0.701. The van der Waals surface area contributed by atoms with Crippen LogP contribution in [0.2, 0.25) is 0 Å². The maximum absolute atomic E-state index is 6.13. The fraction of sp³-hybridized carbons (Fsp3) is 0.667. The SMILES string of the molecule is ClC1CCN(c2ncnc3c2CCC3)CC1. The van der Waals surface area contributed by atoms with Crippen molar-refractivity contribution in [3.8, 4) is 0 Å². The molecule has 16 heavy (non-hydrogen) atoms. The molecule has 1 aromatic heterocycles. The Labute approximate surface area is 101 Å². The highest BCUT2D eigenvalue weighted by Gasteiger charge is 2.24. The van der Waals surface area contributed by atoms with Gasteiger partial charge in [0.05, 0.1) is 0 Å². The average molecular weight is 238 g/mol. The molecular formula is C12H16ClN3. The zero-order valence-corrected chi connectivity index (χ0v) is 10.1. The highest BCUT2D eigenvalue weighted by molar-refractivity contribution is 6.20. The molecule has 0 aromatic carbocycles. The van der Waals surface area contributed by atoms with Crippen LogP contribution in [0.3, 0.4) is 0 Å². The van der Waals surface area contributed by atoms with E-state index in [0.29, 0.717) is 5.38 Å². The summed E-state index contributed by atoms with van der Waals surface area (Å²) in [6.07, 6.45) is 7.35. The zero-order chi connectivity index (χ0) is 11.0. The van der Waals surface area contributed by atoms with E-state index in [9.17, 15) is 0 Å². The second kappa shape index (κ2) is 4.21. The Hall–Kier alpha value is -0.830. The Morgan fingerprint density at radius 1 is 1.19 bits per heavy atom. The second-order valence-electron chi connectivity index (χ2n) is 4.64. The molecule has 0 N–H and O–H groups in total. The fourth-order valence-electron chi connectivity index (χ4n) is 2.67. The van der Waals surface area contributed by atoms with Crippen molar-refractivity contribution in [3.05, 3.63) is 17.6 Å². The number of rotatable bonds is 1. The lowest BCUT2D eigenvalue weighted by molar-refractivity contribution is 0.578. The molecule has 2 aliphatic rings. The zero-order valence-electron chi connectivity index (χ0n) is 9.32. The van der Waals surface area contributed by atoms with Crippen LogP contribution in [0.25, 0.3) is 0 Å². The monoisotopic (exact) mass is 237 g/mol. The first-order valence-corrected chi connectivity index (χ1v) is 6.50. The molecule has 0 unspecified atom stereocenters. The molecule has 0 radical (unpaired) electrons. The largest absolute Gasteiger partial charge is 0.356 e. The van der Waals surface area contributed by atoms with E-state index in [-0.39, 0.29) is 0 Å². The van der Waals surface area contributed by atoms with Crippen LogP contribution in [-0.2, 0) is 12.8 Å². The van der Waals surface area contributed by atoms with Crippen LogP contribution in [0.1, 0.15) is 30.5 Å². The third-order valence-corrected chi connectivity index (χ3v) is 4.01. The van der Waals surface area contributed by atoms with Gasteiger partial charge >= 0.3 is 0 Å². The maximum atomic E-state index is 6.13. The van der Waals surface area contributed by atoms with Crippen molar-refractivity contribution in [1.29, 1.82) is 0 Å². The Balaban J connectivity index is 1.87. The van der Waals surface area contributed by atoms with Gasteiger partial charge in [-0.15, -0.1) is 11.6 Å². The molecule has 3 rings (SSSR count). The highest BCUT2D eigenvalue weighted by Crippen LogP contribution is 2.30. The van der Waals surface area contributed by atoms with Gasteiger partial charge in [-0.3, -0.25) is 0 Å². The number of aryl methyl sites for hydroxylation is 1. The summed E-state index contributed by atoms with van der Waals surface area (Å²) in [7, 11) is 0. The van der Waals surface area contributed by atoms with Crippen LogP contribution >= 0.6 is 11.6 Å². The summed E-state index contributed by atoms with van der Waals surface area (Å²) in [6, 6.07) is 0. The molecule has 1 fully saturated rings. The number of piperidine rings is 1. The lowest BCUT2D eigenvalue weighted by Crippen LogP contribution is -2.35. The molecule has 0 saturated carbocycles. The number of nitrogens with zero attached hydrogens (tertiary/aromatic N) is 3. The van der Waals surface area contributed by atoms with E-state index >= 15 is 0 Å². The first-order chi connectivity index (χ1) is 7.84. The van der Waals surface area contributed by atoms with E-state index in [1.165, 1.54) is 23.5 Å². The summed E-state index contributed by atoms with van der Waals surface area (Å²) in [5.74, 6) is 1.17. The molecule has 0 atom stereocenters. The van der Waals surface area contributed by atoms with Gasteiger partial charge in [0, 0.05) is 29.7 Å². The minimum atomic E-state index is 0.353.